The van der Waals surface area contributed by atoms with Crippen molar-refractivity contribution in [3.05, 3.63) is 105 Å². The number of rotatable bonds is 12. The Hall–Kier alpha value is -4.42. The summed E-state index contributed by atoms with van der Waals surface area (Å²) in [4.78, 5) is 40.6. The van der Waals surface area contributed by atoms with Crippen molar-refractivity contribution >= 4 is 40.8 Å². The minimum Gasteiger partial charge on any atom is -0.403 e. The van der Waals surface area contributed by atoms with Crippen LogP contribution in [0.2, 0.25) is 0 Å². The van der Waals surface area contributed by atoms with E-state index in [0.29, 0.717) is 18.7 Å². The van der Waals surface area contributed by atoms with Crippen molar-refractivity contribution in [2.24, 2.45) is 5.73 Å². The lowest BCUT2D eigenvalue weighted by molar-refractivity contribution is -0.120. The van der Waals surface area contributed by atoms with Crippen molar-refractivity contribution in [2.45, 2.75) is 19.9 Å². The second-order valence-electron chi connectivity index (χ2n) is 10.3. The van der Waals surface area contributed by atoms with E-state index in [4.69, 9.17) is 33.7 Å². The van der Waals surface area contributed by atoms with E-state index in [9.17, 15) is 14.4 Å². The fraction of sp³-hybridized carbons (Fsp3) is 0.273. The SMILES string of the molecule is C=C/C(Cl)=C(NC(=O)Nc1cc(-c2cccc(-c3ccc(CC(=O)NCCN4CCOCC4)cc3)c2)nn(CC)c1=O)\C(Cl)=C/N. The van der Waals surface area contributed by atoms with Crippen LogP contribution in [0.4, 0.5) is 10.5 Å². The van der Waals surface area contributed by atoms with Crippen LogP contribution in [-0.4, -0.2) is 66.0 Å². The third kappa shape index (κ3) is 9.30. The number of hydrogen-bond acceptors (Lipinski definition) is 7. The predicted octanol–water partition coefficient (Wildman–Crippen LogP) is 4.38. The Morgan fingerprint density at radius 1 is 1.07 bits per heavy atom. The molecule has 1 saturated heterocycles. The zero-order valence-electron chi connectivity index (χ0n) is 25.5. The van der Waals surface area contributed by atoms with Gasteiger partial charge in [0, 0.05) is 44.5 Å². The first-order valence-electron chi connectivity index (χ1n) is 14.8. The van der Waals surface area contributed by atoms with Gasteiger partial charge in [-0.1, -0.05) is 72.2 Å². The van der Waals surface area contributed by atoms with E-state index in [1.807, 2.05) is 48.5 Å². The molecule has 2 heterocycles. The molecule has 1 aliphatic heterocycles. The molecule has 1 fully saturated rings. The summed E-state index contributed by atoms with van der Waals surface area (Å²) >= 11 is 12.2. The molecule has 0 unspecified atom stereocenters. The predicted molar refractivity (Wildman–Crippen MR) is 182 cm³/mol. The maximum atomic E-state index is 13.0. The second-order valence-corrected chi connectivity index (χ2v) is 11.2. The van der Waals surface area contributed by atoms with Gasteiger partial charge < -0.3 is 26.4 Å². The van der Waals surface area contributed by atoms with Crippen LogP contribution in [0, 0.1) is 0 Å². The van der Waals surface area contributed by atoms with Gasteiger partial charge in [-0.05, 0) is 41.8 Å². The number of benzene rings is 2. The van der Waals surface area contributed by atoms with Gasteiger partial charge in [0.25, 0.3) is 5.56 Å². The van der Waals surface area contributed by atoms with E-state index < -0.39 is 11.6 Å². The normalized spacial score (nSPS) is 14.3. The maximum absolute atomic E-state index is 13.0. The van der Waals surface area contributed by atoms with Crippen LogP contribution in [0.5, 0.6) is 0 Å². The van der Waals surface area contributed by atoms with Gasteiger partial charge in [0.1, 0.15) is 5.69 Å². The third-order valence-electron chi connectivity index (χ3n) is 7.23. The monoisotopic (exact) mass is 665 g/mol. The Labute approximate surface area is 277 Å². The van der Waals surface area contributed by atoms with Gasteiger partial charge in [0.2, 0.25) is 5.91 Å². The number of amides is 3. The Morgan fingerprint density at radius 2 is 1.78 bits per heavy atom. The molecule has 2 aromatic carbocycles. The van der Waals surface area contributed by atoms with Gasteiger partial charge in [-0.15, -0.1) is 0 Å². The fourth-order valence-corrected chi connectivity index (χ4v) is 5.12. The van der Waals surface area contributed by atoms with Crippen molar-refractivity contribution < 1.29 is 14.3 Å². The number of nitrogens with zero attached hydrogens (tertiary/aromatic N) is 3. The van der Waals surface area contributed by atoms with Crippen molar-refractivity contribution in [1.82, 2.24) is 25.3 Å². The van der Waals surface area contributed by atoms with Crippen LogP contribution >= 0.6 is 23.2 Å². The number of halogens is 2. The molecule has 46 heavy (non-hydrogen) atoms. The van der Waals surface area contributed by atoms with Crippen molar-refractivity contribution in [3.63, 3.8) is 0 Å². The molecular formula is C33H37Cl2N7O4. The van der Waals surface area contributed by atoms with Crippen LogP contribution in [0.15, 0.2) is 94.0 Å². The number of anilines is 1. The molecule has 11 nitrogen and oxygen atoms in total. The largest absolute Gasteiger partial charge is 0.403 e. The smallest absolute Gasteiger partial charge is 0.323 e. The first-order chi connectivity index (χ1) is 22.2. The summed E-state index contributed by atoms with van der Waals surface area (Å²) in [5, 5.41) is 12.6. The summed E-state index contributed by atoms with van der Waals surface area (Å²) < 4.78 is 6.62. The highest BCUT2D eigenvalue weighted by Gasteiger charge is 2.16. The highest BCUT2D eigenvalue weighted by molar-refractivity contribution is 6.36. The minimum absolute atomic E-state index is 0.00394. The number of carbonyl (C=O) groups is 2. The van der Waals surface area contributed by atoms with Crippen molar-refractivity contribution in [1.29, 1.82) is 0 Å². The molecular weight excluding hydrogens is 629 g/mol. The Bertz CT molecular complexity index is 1680. The molecule has 0 radical (unpaired) electrons. The molecule has 1 aliphatic rings. The van der Waals surface area contributed by atoms with Gasteiger partial charge in [-0.3, -0.25) is 14.5 Å². The summed E-state index contributed by atoms with van der Waals surface area (Å²) in [7, 11) is 0. The zero-order chi connectivity index (χ0) is 33.1. The Balaban J connectivity index is 1.47. The molecule has 13 heteroatoms. The lowest BCUT2D eigenvalue weighted by atomic mass is 9.99. The standard InChI is InChI=1S/C33H37Cl2N7O4/c1-3-26(34)31(27(35)21-36)39-33(45)38-29-20-28(40-42(4-2)32(29)44)25-7-5-6-24(19-25)23-10-8-22(9-11-23)18-30(43)37-12-13-41-14-16-46-17-15-41/h3,5-11,19-21H,1,4,12-18,36H2,2H3,(H,37,43)(H2,38,39,45)/b27-21+,31-26-. The van der Waals surface area contributed by atoms with Crippen LogP contribution in [0.1, 0.15) is 12.5 Å². The summed E-state index contributed by atoms with van der Waals surface area (Å²) in [6, 6.07) is 16.2. The second kappa shape index (κ2) is 16.8. The summed E-state index contributed by atoms with van der Waals surface area (Å²) in [6.07, 6.45) is 2.66. The number of ether oxygens (including phenoxy) is 1. The highest BCUT2D eigenvalue weighted by atomic mass is 35.5. The number of urea groups is 1. The Morgan fingerprint density at radius 3 is 2.46 bits per heavy atom. The molecule has 0 bridgehead atoms. The number of aromatic nitrogens is 2. The first kappa shape index (κ1) is 34.5. The molecule has 0 saturated carbocycles. The number of nitrogens with one attached hydrogen (secondary N) is 3. The summed E-state index contributed by atoms with van der Waals surface area (Å²) in [6.45, 7) is 10.3. The molecule has 3 aromatic rings. The molecule has 0 atom stereocenters. The number of nitrogens with two attached hydrogens (primary N) is 1. The minimum atomic E-state index is -0.758. The first-order valence-corrected chi connectivity index (χ1v) is 15.5. The van der Waals surface area contributed by atoms with E-state index in [0.717, 1.165) is 61.3 Å². The van der Waals surface area contributed by atoms with Crippen molar-refractivity contribution in [3.8, 4) is 22.4 Å². The van der Waals surface area contributed by atoms with Gasteiger partial charge >= 0.3 is 6.03 Å². The van der Waals surface area contributed by atoms with E-state index >= 15 is 0 Å². The van der Waals surface area contributed by atoms with Gasteiger partial charge in [0.15, 0.2) is 0 Å². The lowest BCUT2D eigenvalue weighted by Crippen LogP contribution is -2.41. The van der Waals surface area contributed by atoms with Crippen LogP contribution in [0.3, 0.4) is 0 Å². The quantitative estimate of drug-likeness (QED) is 0.210. The molecule has 0 spiro atoms. The lowest BCUT2D eigenvalue weighted by Gasteiger charge is -2.26. The average Bonchev–Trinajstić information content (AvgIpc) is 3.08. The summed E-state index contributed by atoms with van der Waals surface area (Å²) in [5.41, 5.74) is 9.01. The van der Waals surface area contributed by atoms with E-state index in [1.54, 1.807) is 6.92 Å². The van der Waals surface area contributed by atoms with E-state index in [1.165, 1.54) is 16.8 Å². The average molecular weight is 667 g/mol. The number of carbonyl (C=O) groups excluding carboxylic acids is 2. The van der Waals surface area contributed by atoms with Crippen molar-refractivity contribution in [2.75, 3.05) is 44.7 Å². The molecule has 4 rings (SSSR count). The molecule has 1 aromatic heterocycles. The van der Waals surface area contributed by atoms with E-state index in [2.05, 4.69) is 32.5 Å². The van der Waals surface area contributed by atoms with Gasteiger partial charge in [-0.25, -0.2) is 9.48 Å². The fourth-order valence-electron chi connectivity index (χ4n) is 4.77. The third-order valence-corrected chi connectivity index (χ3v) is 7.89. The maximum Gasteiger partial charge on any atom is 0.323 e. The molecule has 0 aliphatic carbocycles. The summed E-state index contributed by atoms with van der Waals surface area (Å²) in [5.74, 6) is -0.0202. The molecule has 242 valence electrons. The number of aryl methyl sites for hydroxylation is 1. The topological polar surface area (TPSA) is 144 Å². The number of hydrogen-bond donors (Lipinski definition) is 4. The zero-order valence-corrected chi connectivity index (χ0v) is 27.0. The van der Waals surface area contributed by atoms with Gasteiger partial charge in [0.05, 0.1) is 41.1 Å². The number of morpholine rings is 1. The molecule has 3 amide bonds. The number of allylic oxidation sites excluding steroid dienone is 3. The van der Waals surface area contributed by atoms with Crippen LogP contribution < -0.4 is 27.2 Å². The van der Waals surface area contributed by atoms with Gasteiger partial charge in [-0.2, -0.15) is 5.10 Å². The Kier molecular flexibility index (Phi) is 12.6. The van der Waals surface area contributed by atoms with Crippen LogP contribution in [0.25, 0.3) is 22.4 Å². The molecule has 5 N–H and O–H groups in total. The highest BCUT2D eigenvalue weighted by Crippen LogP contribution is 2.27. The van der Waals surface area contributed by atoms with E-state index in [-0.39, 0.29) is 33.9 Å². The van der Waals surface area contributed by atoms with Crippen LogP contribution in [-0.2, 0) is 22.5 Å².